The van der Waals surface area contributed by atoms with Crippen molar-refractivity contribution in [1.82, 2.24) is 20.0 Å². The number of amides is 2. The van der Waals surface area contributed by atoms with Gasteiger partial charge in [-0.2, -0.15) is 5.10 Å². The molecule has 0 fully saturated rings. The molecule has 2 N–H and O–H groups in total. The monoisotopic (exact) mass is 356 g/mol. The Morgan fingerprint density at radius 2 is 2.04 bits per heavy atom. The molecule has 26 heavy (non-hydrogen) atoms. The van der Waals surface area contributed by atoms with Gasteiger partial charge < -0.3 is 15.3 Å². The summed E-state index contributed by atoms with van der Waals surface area (Å²) in [6.45, 7) is 7.74. The molecule has 0 spiro atoms. The molecule has 2 heterocycles. The molecular weight excluding hydrogens is 332 g/mol. The summed E-state index contributed by atoms with van der Waals surface area (Å²) in [7, 11) is 0. The van der Waals surface area contributed by atoms with Crippen LogP contribution in [0.1, 0.15) is 41.2 Å². The molecule has 1 aliphatic rings. The van der Waals surface area contributed by atoms with Crippen LogP contribution in [0, 0.1) is 12.8 Å². The highest BCUT2D eigenvalue weighted by molar-refractivity contribution is 5.94. The lowest BCUT2D eigenvalue weighted by Crippen LogP contribution is -2.40. The van der Waals surface area contributed by atoms with Gasteiger partial charge in [0, 0.05) is 18.0 Å². The van der Waals surface area contributed by atoms with E-state index in [1.165, 1.54) is 6.07 Å². The van der Waals surface area contributed by atoms with E-state index in [0.29, 0.717) is 31.7 Å². The van der Waals surface area contributed by atoms with E-state index >= 15 is 0 Å². The van der Waals surface area contributed by atoms with Crippen molar-refractivity contribution in [1.29, 1.82) is 0 Å². The summed E-state index contributed by atoms with van der Waals surface area (Å²) < 4.78 is 1.89. The number of hydrogen-bond donors (Lipinski definition) is 2. The van der Waals surface area contributed by atoms with E-state index in [1.807, 2.05) is 29.5 Å². The first-order valence-corrected chi connectivity index (χ1v) is 8.77. The van der Waals surface area contributed by atoms with Gasteiger partial charge in [0.1, 0.15) is 5.75 Å². The Hall–Kier alpha value is -2.83. The maximum absolute atomic E-state index is 12.2. The van der Waals surface area contributed by atoms with E-state index in [-0.39, 0.29) is 23.5 Å². The molecule has 1 aromatic heterocycles. The molecule has 7 heteroatoms. The van der Waals surface area contributed by atoms with Gasteiger partial charge in [0.05, 0.1) is 31.0 Å². The number of carbonyl (C=O) groups excluding carboxylic acids is 2. The number of aromatic nitrogens is 2. The second kappa shape index (κ2) is 7.19. The lowest BCUT2D eigenvalue weighted by molar-refractivity contribution is -0.136. The zero-order valence-electron chi connectivity index (χ0n) is 15.3. The fourth-order valence-electron chi connectivity index (χ4n) is 2.99. The van der Waals surface area contributed by atoms with Gasteiger partial charge in [-0.1, -0.05) is 19.9 Å². The van der Waals surface area contributed by atoms with E-state index < -0.39 is 0 Å². The first-order chi connectivity index (χ1) is 12.3. The molecule has 0 aliphatic carbocycles. The summed E-state index contributed by atoms with van der Waals surface area (Å²) in [5, 5.41) is 17.0. The van der Waals surface area contributed by atoms with Crippen molar-refractivity contribution in [2.24, 2.45) is 5.92 Å². The molecule has 0 atom stereocenters. The third-order valence-electron chi connectivity index (χ3n) is 4.56. The topological polar surface area (TPSA) is 87.5 Å². The van der Waals surface area contributed by atoms with Gasteiger partial charge in [0.2, 0.25) is 5.91 Å². The van der Waals surface area contributed by atoms with Crippen LogP contribution >= 0.6 is 0 Å². The Bertz CT molecular complexity index is 841. The van der Waals surface area contributed by atoms with Gasteiger partial charge in [0.15, 0.2) is 0 Å². The smallest absolute Gasteiger partial charge is 0.251 e. The van der Waals surface area contributed by atoms with E-state index in [0.717, 1.165) is 17.0 Å². The van der Waals surface area contributed by atoms with Crippen LogP contribution in [0.4, 0.5) is 0 Å². The fourth-order valence-corrected chi connectivity index (χ4v) is 2.99. The minimum absolute atomic E-state index is 0.0193. The van der Waals surface area contributed by atoms with E-state index in [9.17, 15) is 14.7 Å². The van der Waals surface area contributed by atoms with Gasteiger partial charge in [-0.05, 0) is 30.7 Å². The van der Waals surface area contributed by atoms with Crippen LogP contribution in [0.3, 0.4) is 0 Å². The zero-order chi connectivity index (χ0) is 18.8. The minimum Gasteiger partial charge on any atom is -0.508 e. The number of fused-ring (bicyclic) bond motifs is 1. The molecule has 2 aromatic rings. The van der Waals surface area contributed by atoms with Crippen LogP contribution in [0.25, 0.3) is 0 Å². The molecule has 7 nitrogen and oxygen atoms in total. The SMILES string of the molecule is Cc1ccc(C(=O)NCc2cc3n(n2)CCN(C(=O)C(C)C)C3)cc1O. The van der Waals surface area contributed by atoms with Crippen LogP contribution < -0.4 is 5.32 Å². The Morgan fingerprint density at radius 3 is 2.73 bits per heavy atom. The zero-order valence-corrected chi connectivity index (χ0v) is 15.3. The Labute approximate surface area is 152 Å². The Balaban J connectivity index is 1.63. The number of aryl methyl sites for hydroxylation is 1. The molecule has 2 amide bonds. The van der Waals surface area contributed by atoms with Gasteiger partial charge in [0.25, 0.3) is 5.91 Å². The number of carbonyl (C=O) groups is 2. The van der Waals surface area contributed by atoms with Crippen LogP contribution in [0.2, 0.25) is 0 Å². The summed E-state index contributed by atoms with van der Waals surface area (Å²) in [6.07, 6.45) is 0. The Morgan fingerprint density at radius 1 is 1.27 bits per heavy atom. The van der Waals surface area contributed by atoms with Crippen molar-refractivity contribution in [2.75, 3.05) is 6.54 Å². The molecule has 3 rings (SSSR count). The molecule has 0 saturated heterocycles. The first-order valence-electron chi connectivity index (χ1n) is 8.77. The van der Waals surface area contributed by atoms with Crippen molar-refractivity contribution < 1.29 is 14.7 Å². The van der Waals surface area contributed by atoms with Crippen molar-refractivity contribution in [2.45, 2.75) is 40.4 Å². The summed E-state index contributed by atoms with van der Waals surface area (Å²) in [6, 6.07) is 6.77. The largest absolute Gasteiger partial charge is 0.508 e. The van der Waals surface area contributed by atoms with Crippen molar-refractivity contribution in [3.05, 3.63) is 46.8 Å². The average molecular weight is 356 g/mol. The van der Waals surface area contributed by atoms with Crippen molar-refractivity contribution >= 4 is 11.8 Å². The third-order valence-corrected chi connectivity index (χ3v) is 4.56. The van der Waals surface area contributed by atoms with Gasteiger partial charge >= 0.3 is 0 Å². The lowest BCUT2D eigenvalue weighted by Gasteiger charge is -2.29. The molecule has 138 valence electrons. The predicted molar refractivity (Wildman–Crippen MR) is 96.5 cm³/mol. The lowest BCUT2D eigenvalue weighted by atomic mass is 10.1. The number of nitrogens with one attached hydrogen (secondary N) is 1. The standard InChI is InChI=1S/C19H24N4O3/c1-12(2)19(26)22-6-7-23-16(11-22)9-15(21-23)10-20-18(25)14-5-4-13(3)17(24)8-14/h4-5,8-9,12,24H,6-7,10-11H2,1-3H3,(H,20,25). The first kappa shape index (κ1) is 18.0. The van der Waals surface area contributed by atoms with Gasteiger partial charge in [-0.15, -0.1) is 0 Å². The van der Waals surface area contributed by atoms with Crippen molar-refractivity contribution in [3.8, 4) is 5.75 Å². The molecule has 0 bridgehead atoms. The van der Waals surface area contributed by atoms with Crippen LogP contribution in [-0.2, 0) is 24.4 Å². The molecule has 0 saturated carbocycles. The number of phenolic OH excluding ortho intramolecular Hbond substituents is 1. The number of aromatic hydroxyl groups is 1. The van der Waals surface area contributed by atoms with Crippen molar-refractivity contribution in [3.63, 3.8) is 0 Å². The average Bonchev–Trinajstić information content (AvgIpc) is 3.03. The number of hydrogen-bond acceptors (Lipinski definition) is 4. The normalized spacial score (nSPS) is 13.6. The summed E-state index contributed by atoms with van der Waals surface area (Å²) in [4.78, 5) is 26.2. The predicted octanol–water partition coefficient (Wildman–Crippen LogP) is 1.83. The van der Waals surface area contributed by atoms with Crippen LogP contribution in [0.15, 0.2) is 24.3 Å². The highest BCUT2D eigenvalue weighted by Crippen LogP contribution is 2.18. The molecule has 1 aromatic carbocycles. The highest BCUT2D eigenvalue weighted by atomic mass is 16.3. The molecule has 1 aliphatic heterocycles. The van der Waals surface area contributed by atoms with E-state index in [2.05, 4.69) is 10.4 Å². The van der Waals surface area contributed by atoms with Gasteiger partial charge in [-0.3, -0.25) is 14.3 Å². The minimum atomic E-state index is -0.261. The van der Waals surface area contributed by atoms with E-state index in [4.69, 9.17) is 0 Å². The van der Waals surface area contributed by atoms with Crippen LogP contribution in [-0.4, -0.2) is 38.1 Å². The molecular formula is C19H24N4O3. The van der Waals surface area contributed by atoms with E-state index in [1.54, 1.807) is 19.1 Å². The van der Waals surface area contributed by atoms with Gasteiger partial charge in [-0.25, -0.2) is 0 Å². The highest BCUT2D eigenvalue weighted by Gasteiger charge is 2.23. The van der Waals surface area contributed by atoms with Crippen LogP contribution in [0.5, 0.6) is 5.75 Å². The Kier molecular flexibility index (Phi) is 4.97. The summed E-state index contributed by atoms with van der Waals surface area (Å²) in [5.74, 6) is -0.0338. The fraction of sp³-hybridized carbons (Fsp3) is 0.421. The quantitative estimate of drug-likeness (QED) is 0.875. The summed E-state index contributed by atoms with van der Waals surface area (Å²) >= 11 is 0. The number of nitrogens with zero attached hydrogens (tertiary/aromatic N) is 3. The molecule has 0 radical (unpaired) electrons. The number of rotatable bonds is 4. The number of benzene rings is 1. The second-order valence-corrected chi connectivity index (χ2v) is 6.95. The summed E-state index contributed by atoms with van der Waals surface area (Å²) in [5.41, 5.74) is 2.86. The molecule has 0 unspecified atom stereocenters. The maximum Gasteiger partial charge on any atom is 0.251 e. The number of phenols is 1. The maximum atomic E-state index is 12.2. The second-order valence-electron chi connectivity index (χ2n) is 6.95. The third kappa shape index (κ3) is 3.71.